The Kier molecular flexibility index (Phi) is 17.4. The predicted molar refractivity (Wildman–Crippen MR) is 99.2 cm³/mol. The molecule has 22 heavy (non-hydrogen) atoms. The maximum atomic E-state index is 2.89. The Labute approximate surface area is 152 Å². The molecule has 0 atom stereocenters. The molecule has 0 bridgehead atoms. The van der Waals surface area contributed by atoms with Crippen LogP contribution in [0.25, 0.3) is 0 Å². The smallest absolute Gasteiger partial charge is 0.0226 e. The van der Waals surface area contributed by atoms with E-state index in [-0.39, 0.29) is 25.6 Å². The predicted octanol–water partition coefficient (Wildman–Crippen LogP) is 5.28. The Morgan fingerprint density at radius 2 is 1.00 bits per heavy atom. The Morgan fingerprint density at radius 1 is 0.682 bits per heavy atom. The van der Waals surface area contributed by atoms with Crippen LogP contribution >= 0.6 is 7.92 Å². The van der Waals surface area contributed by atoms with Gasteiger partial charge in [-0.25, -0.2) is 0 Å². The van der Waals surface area contributed by atoms with Gasteiger partial charge in [0.15, 0.2) is 0 Å². The molecule has 1 aromatic carbocycles. The van der Waals surface area contributed by atoms with Gasteiger partial charge in [0.1, 0.15) is 0 Å². The summed E-state index contributed by atoms with van der Waals surface area (Å²) in [7, 11) is 0.380. The molecule has 1 aromatic rings. The molecule has 0 spiro atoms. The summed E-state index contributed by atoms with van der Waals surface area (Å²) in [6.45, 7) is 17.7. The van der Waals surface area contributed by atoms with Crippen molar-refractivity contribution in [2.24, 2.45) is 0 Å². The molecule has 128 valence electrons. The van der Waals surface area contributed by atoms with Gasteiger partial charge in [-0.2, -0.15) is 36.4 Å². The van der Waals surface area contributed by atoms with Crippen molar-refractivity contribution in [3.63, 3.8) is 0 Å². The zero-order valence-electron chi connectivity index (χ0n) is 15.2. The van der Waals surface area contributed by atoms with Crippen molar-refractivity contribution < 1.29 is 25.6 Å². The number of hydrogen-bond donors (Lipinski definition) is 0. The van der Waals surface area contributed by atoms with Crippen LogP contribution in [0.3, 0.4) is 0 Å². The Hall–Kier alpha value is -0.261. The number of rotatable bonds is 0. The van der Waals surface area contributed by atoms with Crippen molar-refractivity contribution in [3.8, 4) is 0 Å². The molecule has 2 rings (SSSR count). The van der Waals surface area contributed by atoms with E-state index in [1.54, 1.807) is 0 Å². The molecule has 0 fully saturated rings. The first-order chi connectivity index (χ1) is 9.29. The van der Waals surface area contributed by atoms with Gasteiger partial charge in [0.2, 0.25) is 0 Å². The van der Waals surface area contributed by atoms with Gasteiger partial charge < -0.3 is 5.48 Å². The first-order valence-electron chi connectivity index (χ1n) is 7.00. The zero-order chi connectivity index (χ0) is 15.7. The summed E-state index contributed by atoms with van der Waals surface area (Å²) in [6, 6.07) is 12.5. The van der Waals surface area contributed by atoms with Crippen molar-refractivity contribution >= 4 is 7.92 Å². The summed E-state index contributed by atoms with van der Waals surface area (Å²) in [6.07, 6.45) is 0. The molecule has 0 heterocycles. The van der Waals surface area contributed by atoms with Crippen molar-refractivity contribution in [2.75, 3.05) is 20.0 Å². The maximum Gasteiger partial charge on any atom is 0.0226 e. The van der Waals surface area contributed by atoms with Crippen LogP contribution in [-0.4, -0.2) is 25.5 Å². The van der Waals surface area contributed by atoms with Gasteiger partial charge in [-0.15, -0.1) is 7.92 Å². The van der Waals surface area contributed by atoms with E-state index in [9.17, 15) is 0 Å². The van der Waals surface area contributed by atoms with Gasteiger partial charge in [-0.05, 0) is 58.8 Å². The van der Waals surface area contributed by atoms with Gasteiger partial charge in [0, 0.05) is 26.0 Å². The van der Waals surface area contributed by atoms with Crippen molar-refractivity contribution in [1.82, 2.24) is 0 Å². The molecule has 2 radical (unpaired) electrons. The first-order valence-corrected chi connectivity index (χ1v) is 9.69. The third-order valence-corrected chi connectivity index (χ3v) is 3.42. The molecular formula is C19H31IrOP-. The van der Waals surface area contributed by atoms with Crippen LogP contribution in [0.5, 0.6) is 0 Å². The second-order valence-corrected chi connectivity index (χ2v) is 8.23. The molecule has 0 aliphatic heterocycles. The minimum atomic E-state index is 0. The summed E-state index contributed by atoms with van der Waals surface area (Å²) in [5, 5.41) is 0. The summed E-state index contributed by atoms with van der Waals surface area (Å²) < 4.78 is 0. The fraction of sp³-hybridized carbons (Fsp3) is 0.421. The SMILES string of the molecule is CP(C)C.C[C]1C(C)=C(C)C(C)=C1C.O.[Ir].[c-]1ccccc1. The third kappa shape index (κ3) is 10.5. The van der Waals surface area contributed by atoms with Crippen molar-refractivity contribution in [1.29, 1.82) is 0 Å². The molecule has 1 aliphatic carbocycles. The average Bonchev–Trinajstić information content (AvgIpc) is 2.59. The van der Waals surface area contributed by atoms with Gasteiger partial charge in [0.05, 0.1) is 0 Å². The molecule has 0 unspecified atom stereocenters. The molecule has 1 aliphatic rings. The van der Waals surface area contributed by atoms with Crippen LogP contribution in [0.2, 0.25) is 0 Å². The second-order valence-electron chi connectivity index (χ2n) is 5.54. The fourth-order valence-corrected chi connectivity index (χ4v) is 1.75. The Balaban J connectivity index is -0.000000261. The Bertz CT molecular complexity index is 396. The van der Waals surface area contributed by atoms with Gasteiger partial charge >= 0.3 is 0 Å². The first kappa shape index (κ1) is 26.6. The normalized spacial score (nSPS) is 13.5. The van der Waals surface area contributed by atoms with E-state index in [4.69, 9.17) is 0 Å². The van der Waals surface area contributed by atoms with Crippen molar-refractivity contribution in [3.05, 3.63) is 64.6 Å². The topological polar surface area (TPSA) is 31.5 Å². The van der Waals surface area contributed by atoms with Crippen LogP contribution < -0.4 is 0 Å². The minimum absolute atomic E-state index is 0. The van der Waals surface area contributed by atoms with Gasteiger partial charge in [-0.3, -0.25) is 0 Å². The van der Waals surface area contributed by atoms with Gasteiger partial charge in [-0.1, -0.05) is 18.1 Å². The van der Waals surface area contributed by atoms with Crippen molar-refractivity contribution in [2.45, 2.75) is 34.6 Å². The number of hydrogen-bond acceptors (Lipinski definition) is 0. The van der Waals surface area contributed by atoms with Crippen LogP contribution in [0, 0.1) is 12.0 Å². The summed E-state index contributed by atoms with van der Waals surface area (Å²) >= 11 is 0. The monoisotopic (exact) mass is 499 g/mol. The van der Waals surface area contributed by atoms with E-state index >= 15 is 0 Å². The standard InChI is InChI=1S/C10H15.C6H5.C3H9P.Ir.H2O/c1-6-7(2)9(4)10(5)8(6)3;1-2-4-6-5-3-1;1-4(2)3;;/h1-5H3;1-5H;1-3H3;;1H2/q;-1;;;. The van der Waals surface area contributed by atoms with E-state index in [1.807, 2.05) is 30.3 Å². The average molecular weight is 499 g/mol. The molecule has 0 amide bonds. The quantitative estimate of drug-likeness (QED) is 0.344. The van der Waals surface area contributed by atoms with Crippen LogP contribution in [0.1, 0.15) is 34.6 Å². The van der Waals surface area contributed by atoms with Crippen LogP contribution in [0.4, 0.5) is 0 Å². The number of allylic oxidation sites excluding steroid dienone is 4. The number of benzene rings is 1. The van der Waals surface area contributed by atoms with E-state index in [1.165, 1.54) is 28.2 Å². The summed E-state index contributed by atoms with van der Waals surface area (Å²) in [5.74, 6) is 1.47. The van der Waals surface area contributed by atoms with E-state index in [0.29, 0.717) is 7.92 Å². The Morgan fingerprint density at radius 3 is 1.09 bits per heavy atom. The third-order valence-electron chi connectivity index (χ3n) is 3.42. The molecular weight excluding hydrogens is 467 g/mol. The summed E-state index contributed by atoms with van der Waals surface area (Å²) in [5.41, 5.74) is 5.87. The fourth-order valence-electron chi connectivity index (χ4n) is 1.75. The van der Waals surface area contributed by atoms with Crippen LogP contribution in [-0.2, 0) is 20.1 Å². The largest absolute Gasteiger partial charge is 0.412 e. The van der Waals surface area contributed by atoms with E-state index in [0.717, 1.165) is 0 Å². The maximum absolute atomic E-state index is 2.89. The second kappa shape index (κ2) is 14.3. The van der Waals surface area contributed by atoms with Gasteiger partial charge in [0.25, 0.3) is 0 Å². The molecule has 0 aromatic heterocycles. The molecule has 1 nitrogen and oxygen atoms in total. The minimum Gasteiger partial charge on any atom is -0.412 e. The molecule has 3 heteroatoms. The van der Waals surface area contributed by atoms with Crippen LogP contribution in [0.15, 0.2) is 52.6 Å². The zero-order valence-corrected chi connectivity index (χ0v) is 18.5. The summed E-state index contributed by atoms with van der Waals surface area (Å²) in [4.78, 5) is 0. The van der Waals surface area contributed by atoms with E-state index < -0.39 is 0 Å². The van der Waals surface area contributed by atoms with E-state index in [2.05, 4.69) is 60.7 Å². The molecule has 2 N–H and O–H groups in total. The molecule has 0 saturated heterocycles. The molecule has 0 saturated carbocycles.